The van der Waals surface area contributed by atoms with Gasteiger partial charge in [-0.1, -0.05) is 23.8 Å². The molecule has 5 nitrogen and oxygen atoms in total. The van der Waals surface area contributed by atoms with Crippen LogP contribution in [-0.4, -0.2) is 74.3 Å². The Balaban J connectivity index is 0.00000208. The van der Waals surface area contributed by atoms with Gasteiger partial charge in [0.1, 0.15) is 0 Å². The molecular formula is C18H31IN4O. The molecule has 3 rings (SSSR count). The van der Waals surface area contributed by atoms with Crippen molar-refractivity contribution in [3.63, 3.8) is 0 Å². The third kappa shape index (κ3) is 5.46. The Morgan fingerprint density at radius 3 is 2.92 bits per heavy atom. The lowest BCUT2D eigenvalue weighted by molar-refractivity contribution is 0.153. The Labute approximate surface area is 163 Å². The lowest BCUT2D eigenvalue weighted by atomic mass is 10.1. The molecule has 1 saturated heterocycles. The van der Waals surface area contributed by atoms with Crippen LogP contribution in [0.15, 0.2) is 28.8 Å². The minimum absolute atomic E-state index is 0. The second-order valence-electron chi connectivity index (χ2n) is 6.49. The minimum Gasteiger partial charge on any atom is -0.377 e. The van der Waals surface area contributed by atoms with Crippen molar-refractivity contribution in [3.8, 4) is 0 Å². The Morgan fingerprint density at radius 2 is 2.21 bits per heavy atom. The van der Waals surface area contributed by atoms with Crippen molar-refractivity contribution in [1.82, 2.24) is 15.1 Å². The first-order valence-corrected chi connectivity index (χ1v) is 9.04. The third-order valence-corrected chi connectivity index (χ3v) is 4.91. The number of likely N-dealkylation sites (tertiary alicyclic amines) is 1. The van der Waals surface area contributed by atoms with Crippen molar-refractivity contribution in [3.05, 3.63) is 23.8 Å². The fourth-order valence-corrected chi connectivity index (χ4v) is 3.55. The number of aliphatic imine (C=N–C) groups is 1. The summed E-state index contributed by atoms with van der Waals surface area (Å²) in [6.45, 7) is 10.0. The smallest absolute Gasteiger partial charge is 0.193 e. The molecule has 24 heavy (non-hydrogen) atoms. The van der Waals surface area contributed by atoms with E-state index in [1.54, 1.807) is 0 Å². The molecular weight excluding hydrogens is 415 g/mol. The van der Waals surface area contributed by atoms with Gasteiger partial charge in [0.05, 0.1) is 13.2 Å². The number of halogens is 1. The first-order valence-electron chi connectivity index (χ1n) is 9.04. The Bertz CT molecular complexity index is 470. The second kappa shape index (κ2) is 10.4. The van der Waals surface area contributed by atoms with E-state index in [0.717, 1.165) is 71.3 Å². The summed E-state index contributed by atoms with van der Waals surface area (Å²) < 4.78 is 5.36. The van der Waals surface area contributed by atoms with Gasteiger partial charge in [0.2, 0.25) is 0 Å². The van der Waals surface area contributed by atoms with Crippen LogP contribution in [0, 0.1) is 0 Å². The Morgan fingerprint density at radius 1 is 1.38 bits per heavy atom. The molecule has 6 heteroatoms. The van der Waals surface area contributed by atoms with Gasteiger partial charge in [-0.15, -0.1) is 24.0 Å². The Hall–Kier alpha value is -0.600. The molecule has 3 heterocycles. The summed E-state index contributed by atoms with van der Waals surface area (Å²) in [7, 11) is 0. The van der Waals surface area contributed by atoms with Crippen molar-refractivity contribution in [2.24, 2.45) is 4.99 Å². The lowest BCUT2D eigenvalue weighted by Gasteiger charge is -2.25. The molecule has 136 valence electrons. The highest BCUT2D eigenvalue weighted by Gasteiger charge is 2.29. The van der Waals surface area contributed by atoms with Gasteiger partial charge < -0.3 is 15.0 Å². The SMILES string of the molecule is CCNC(=NCCC1=CCOCC1)N1CCC(N2CC=CC2)C1.I. The highest BCUT2D eigenvalue weighted by molar-refractivity contribution is 14.0. The second-order valence-corrected chi connectivity index (χ2v) is 6.49. The summed E-state index contributed by atoms with van der Waals surface area (Å²) >= 11 is 0. The van der Waals surface area contributed by atoms with Crippen LogP contribution < -0.4 is 5.32 Å². The predicted molar refractivity (Wildman–Crippen MR) is 110 cm³/mol. The quantitative estimate of drug-likeness (QED) is 0.305. The number of ether oxygens (including phenoxy) is 1. The van der Waals surface area contributed by atoms with Gasteiger partial charge in [-0.2, -0.15) is 0 Å². The standard InChI is InChI=1S/C18H30N4O.HI/c1-2-19-18(20-9-5-16-7-13-23-14-8-16)22-12-6-17(15-22)21-10-3-4-11-21;/h3-4,7,17H,2,5-6,8-15H2,1H3,(H,19,20);1H. The molecule has 0 aromatic carbocycles. The molecule has 3 aliphatic heterocycles. The van der Waals surface area contributed by atoms with E-state index in [4.69, 9.17) is 9.73 Å². The first kappa shape index (κ1) is 19.7. The number of hydrogen-bond acceptors (Lipinski definition) is 3. The molecule has 0 aromatic rings. The average molecular weight is 446 g/mol. The highest BCUT2D eigenvalue weighted by Crippen LogP contribution is 2.18. The van der Waals surface area contributed by atoms with E-state index in [1.807, 2.05) is 0 Å². The van der Waals surface area contributed by atoms with Crippen LogP contribution in [0.2, 0.25) is 0 Å². The van der Waals surface area contributed by atoms with Crippen molar-refractivity contribution in [2.45, 2.75) is 32.2 Å². The van der Waals surface area contributed by atoms with Gasteiger partial charge in [-0.25, -0.2) is 0 Å². The Kier molecular flexibility index (Phi) is 8.55. The van der Waals surface area contributed by atoms with Gasteiger partial charge in [-0.3, -0.25) is 9.89 Å². The number of nitrogens with zero attached hydrogens (tertiary/aromatic N) is 3. The number of hydrogen-bond donors (Lipinski definition) is 1. The van der Waals surface area contributed by atoms with Crippen LogP contribution >= 0.6 is 24.0 Å². The summed E-state index contributed by atoms with van der Waals surface area (Å²) in [6, 6.07) is 0.673. The monoisotopic (exact) mass is 446 g/mol. The van der Waals surface area contributed by atoms with Gasteiger partial charge in [0.25, 0.3) is 0 Å². The molecule has 0 radical (unpaired) electrons. The largest absolute Gasteiger partial charge is 0.377 e. The van der Waals surface area contributed by atoms with E-state index in [0.29, 0.717) is 6.04 Å². The van der Waals surface area contributed by atoms with Crippen LogP contribution in [0.3, 0.4) is 0 Å². The molecule has 0 bridgehead atoms. The lowest BCUT2D eigenvalue weighted by Crippen LogP contribution is -2.42. The fraction of sp³-hybridized carbons (Fsp3) is 0.722. The fourth-order valence-electron chi connectivity index (χ4n) is 3.55. The molecule has 0 spiro atoms. The molecule has 0 amide bonds. The zero-order valence-corrected chi connectivity index (χ0v) is 17.1. The van der Waals surface area contributed by atoms with E-state index >= 15 is 0 Å². The zero-order chi connectivity index (χ0) is 15.9. The van der Waals surface area contributed by atoms with E-state index in [-0.39, 0.29) is 24.0 Å². The van der Waals surface area contributed by atoms with Crippen molar-refractivity contribution >= 4 is 29.9 Å². The van der Waals surface area contributed by atoms with Gasteiger partial charge >= 0.3 is 0 Å². The molecule has 0 aromatic heterocycles. The molecule has 1 atom stereocenters. The van der Waals surface area contributed by atoms with Gasteiger partial charge in [0, 0.05) is 45.3 Å². The van der Waals surface area contributed by atoms with E-state index < -0.39 is 0 Å². The van der Waals surface area contributed by atoms with Gasteiger partial charge in [-0.05, 0) is 26.2 Å². The van der Waals surface area contributed by atoms with Crippen LogP contribution in [-0.2, 0) is 4.74 Å². The zero-order valence-electron chi connectivity index (χ0n) is 14.7. The summed E-state index contributed by atoms with van der Waals surface area (Å²) in [5, 5.41) is 3.47. The van der Waals surface area contributed by atoms with Crippen LogP contribution in [0.25, 0.3) is 0 Å². The highest BCUT2D eigenvalue weighted by atomic mass is 127. The molecule has 3 aliphatic rings. The minimum atomic E-state index is 0. The normalized spacial score (nSPS) is 24.9. The molecule has 0 aliphatic carbocycles. The third-order valence-electron chi connectivity index (χ3n) is 4.91. The molecule has 1 unspecified atom stereocenters. The maximum Gasteiger partial charge on any atom is 0.193 e. The first-order chi connectivity index (χ1) is 11.4. The number of guanidine groups is 1. The molecule has 1 N–H and O–H groups in total. The summed E-state index contributed by atoms with van der Waals surface area (Å²) in [5.41, 5.74) is 1.50. The van der Waals surface area contributed by atoms with E-state index in [9.17, 15) is 0 Å². The van der Waals surface area contributed by atoms with Crippen LogP contribution in [0.1, 0.15) is 26.2 Å². The van der Waals surface area contributed by atoms with Gasteiger partial charge in [0.15, 0.2) is 5.96 Å². The van der Waals surface area contributed by atoms with Crippen molar-refractivity contribution < 1.29 is 4.74 Å². The van der Waals surface area contributed by atoms with Crippen molar-refractivity contribution in [1.29, 1.82) is 0 Å². The predicted octanol–water partition coefficient (Wildman–Crippen LogP) is 2.25. The summed E-state index contributed by atoms with van der Waals surface area (Å²) in [4.78, 5) is 9.87. The summed E-state index contributed by atoms with van der Waals surface area (Å²) in [6.07, 6.45) is 10.2. The number of rotatable bonds is 5. The maximum absolute atomic E-state index is 5.36. The number of nitrogens with one attached hydrogen (secondary N) is 1. The maximum atomic E-state index is 5.36. The summed E-state index contributed by atoms with van der Waals surface area (Å²) in [5.74, 6) is 1.09. The topological polar surface area (TPSA) is 40.1 Å². The van der Waals surface area contributed by atoms with E-state index in [2.05, 4.69) is 40.3 Å². The molecule has 1 fully saturated rings. The van der Waals surface area contributed by atoms with Crippen LogP contribution in [0.4, 0.5) is 0 Å². The molecule has 0 saturated carbocycles. The van der Waals surface area contributed by atoms with Crippen LogP contribution in [0.5, 0.6) is 0 Å². The van der Waals surface area contributed by atoms with Crippen molar-refractivity contribution in [2.75, 3.05) is 52.5 Å². The van der Waals surface area contributed by atoms with E-state index in [1.165, 1.54) is 12.0 Å². The average Bonchev–Trinajstić information content (AvgIpc) is 3.26.